The maximum absolute atomic E-state index is 12.2. The number of sulfonamides is 1. The normalized spacial score (nSPS) is 11.7. The molecular formula is C11H15NO4S2. The SMILES string of the molecule is C=CCN(CC)S(=O)(=O)c1ccc(CC(=O)O)s1. The monoisotopic (exact) mass is 289 g/mol. The molecule has 0 bridgehead atoms. The molecule has 0 aliphatic carbocycles. The van der Waals surface area contributed by atoms with Gasteiger partial charge in [0.1, 0.15) is 4.21 Å². The molecule has 0 amide bonds. The van der Waals surface area contributed by atoms with E-state index in [4.69, 9.17) is 5.11 Å². The van der Waals surface area contributed by atoms with E-state index in [1.165, 1.54) is 22.5 Å². The van der Waals surface area contributed by atoms with E-state index >= 15 is 0 Å². The van der Waals surface area contributed by atoms with Crippen LogP contribution in [0.3, 0.4) is 0 Å². The molecule has 1 rings (SSSR count). The first-order valence-electron chi connectivity index (χ1n) is 5.33. The van der Waals surface area contributed by atoms with Crippen LogP contribution in [0.4, 0.5) is 0 Å². The van der Waals surface area contributed by atoms with Crippen molar-refractivity contribution in [2.24, 2.45) is 0 Å². The molecule has 0 fully saturated rings. The second kappa shape index (κ2) is 6.12. The Morgan fingerprint density at radius 3 is 2.72 bits per heavy atom. The van der Waals surface area contributed by atoms with Crippen molar-refractivity contribution in [3.8, 4) is 0 Å². The summed E-state index contributed by atoms with van der Waals surface area (Å²) < 4.78 is 25.8. The first-order valence-corrected chi connectivity index (χ1v) is 7.59. The Balaban J connectivity index is 3.00. The van der Waals surface area contributed by atoms with Crippen LogP contribution in [0.25, 0.3) is 0 Å². The van der Waals surface area contributed by atoms with E-state index in [1.807, 2.05) is 0 Å². The predicted molar refractivity (Wildman–Crippen MR) is 70.3 cm³/mol. The van der Waals surface area contributed by atoms with Crippen LogP contribution in [0.15, 0.2) is 29.0 Å². The lowest BCUT2D eigenvalue weighted by Crippen LogP contribution is -2.30. The van der Waals surface area contributed by atoms with Crippen LogP contribution in [-0.2, 0) is 21.2 Å². The first kappa shape index (κ1) is 14.9. The minimum Gasteiger partial charge on any atom is -0.481 e. The van der Waals surface area contributed by atoms with Gasteiger partial charge in [0.25, 0.3) is 10.0 Å². The summed E-state index contributed by atoms with van der Waals surface area (Å²) in [5.74, 6) is -0.973. The van der Waals surface area contributed by atoms with Crippen molar-refractivity contribution >= 4 is 27.3 Å². The predicted octanol–water partition coefficient (Wildman–Crippen LogP) is 1.57. The third-order valence-electron chi connectivity index (χ3n) is 2.24. The Kier molecular flexibility index (Phi) is 5.06. The molecule has 1 aromatic rings. The number of hydrogen-bond donors (Lipinski definition) is 1. The smallest absolute Gasteiger partial charge is 0.308 e. The van der Waals surface area contributed by atoms with Crippen LogP contribution < -0.4 is 0 Å². The number of thiophene rings is 1. The fourth-order valence-corrected chi connectivity index (χ4v) is 4.33. The van der Waals surface area contributed by atoms with Gasteiger partial charge in [-0.05, 0) is 12.1 Å². The van der Waals surface area contributed by atoms with Crippen LogP contribution in [0.1, 0.15) is 11.8 Å². The topological polar surface area (TPSA) is 74.7 Å². The van der Waals surface area contributed by atoms with Gasteiger partial charge in [0.05, 0.1) is 6.42 Å². The molecule has 0 aromatic carbocycles. The molecular weight excluding hydrogens is 274 g/mol. The average Bonchev–Trinajstić information content (AvgIpc) is 2.73. The second-order valence-corrected chi connectivity index (χ2v) is 6.87. The maximum Gasteiger partial charge on any atom is 0.308 e. The average molecular weight is 289 g/mol. The number of rotatable bonds is 7. The van der Waals surface area contributed by atoms with Gasteiger partial charge >= 0.3 is 5.97 Å². The van der Waals surface area contributed by atoms with Crippen molar-refractivity contribution in [1.29, 1.82) is 0 Å². The van der Waals surface area contributed by atoms with Gasteiger partial charge < -0.3 is 5.11 Å². The van der Waals surface area contributed by atoms with Crippen molar-refractivity contribution < 1.29 is 18.3 Å². The molecule has 18 heavy (non-hydrogen) atoms. The molecule has 0 saturated carbocycles. The van der Waals surface area contributed by atoms with Crippen LogP contribution in [0.2, 0.25) is 0 Å². The van der Waals surface area contributed by atoms with Crippen molar-refractivity contribution in [2.75, 3.05) is 13.1 Å². The van der Waals surface area contributed by atoms with Gasteiger partial charge in [-0.1, -0.05) is 13.0 Å². The largest absolute Gasteiger partial charge is 0.481 e. The summed E-state index contributed by atoms with van der Waals surface area (Å²) in [5, 5.41) is 8.65. The third-order valence-corrected chi connectivity index (χ3v) is 5.74. The minimum atomic E-state index is -3.54. The van der Waals surface area contributed by atoms with Gasteiger partial charge in [0, 0.05) is 18.0 Å². The molecule has 1 N–H and O–H groups in total. The molecule has 0 saturated heterocycles. The van der Waals surface area contributed by atoms with Crippen LogP contribution >= 0.6 is 11.3 Å². The highest BCUT2D eigenvalue weighted by atomic mass is 32.2. The molecule has 0 aliphatic rings. The molecule has 0 aliphatic heterocycles. The zero-order valence-electron chi connectivity index (χ0n) is 10.00. The summed E-state index contributed by atoms with van der Waals surface area (Å²) in [6.07, 6.45) is 1.36. The number of carboxylic acids is 1. The van der Waals surface area contributed by atoms with E-state index in [1.54, 1.807) is 6.92 Å². The highest BCUT2D eigenvalue weighted by Crippen LogP contribution is 2.25. The highest BCUT2D eigenvalue weighted by Gasteiger charge is 2.24. The Labute approximate surface area is 110 Å². The quantitative estimate of drug-likeness (QED) is 0.773. The second-order valence-electron chi connectivity index (χ2n) is 3.54. The summed E-state index contributed by atoms with van der Waals surface area (Å²) in [4.78, 5) is 11.1. The Hall–Kier alpha value is -1.18. The van der Waals surface area contributed by atoms with Gasteiger partial charge in [0.15, 0.2) is 0 Å². The van der Waals surface area contributed by atoms with E-state index in [9.17, 15) is 13.2 Å². The van der Waals surface area contributed by atoms with Gasteiger partial charge in [-0.2, -0.15) is 4.31 Å². The molecule has 1 heterocycles. The Morgan fingerprint density at radius 1 is 1.56 bits per heavy atom. The van der Waals surface area contributed by atoms with Crippen molar-refractivity contribution in [3.63, 3.8) is 0 Å². The maximum atomic E-state index is 12.2. The molecule has 0 radical (unpaired) electrons. The minimum absolute atomic E-state index is 0.159. The zero-order chi connectivity index (χ0) is 13.8. The van der Waals surface area contributed by atoms with E-state index < -0.39 is 16.0 Å². The summed E-state index contributed by atoms with van der Waals surface area (Å²) in [6, 6.07) is 2.98. The lowest BCUT2D eigenvalue weighted by Gasteiger charge is -2.17. The number of carbonyl (C=O) groups is 1. The zero-order valence-corrected chi connectivity index (χ0v) is 11.6. The van der Waals surface area contributed by atoms with Gasteiger partial charge in [-0.3, -0.25) is 4.79 Å². The molecule has 1 aromatic heterocycles. The van der Waals surface area contributed by atoms with E-state index in [2.05, 4.69) is 6.58 Å². The summed E-state index contributed by atoms with van der Waals surface area (Å²) in [5.41, 5.74) is 0. The fourth-order valence-electron chi connectivity index (χ4n) is 1.41. The highest BCUT2D eigenvalue weighted by molar-refractivity contribution is 7.91. The van der Waals surface area contributed by atoms with E-state index in [0.29, 0.717) is 11.4 Å². The lowest BCUT2D eigenvalue weighted by molar-refractivity contribution is -0.136. The summed E-state index contributed by atoms with van der Waals surface area (Å²) in [7, 11) is -3.54. The molecule has 0 spiro atoms. The summed E-state index contributed by atoms with van der Waals surface area (Å²) >= 11 is 0.993. The van der Waals surface area contributed by atoms with Gasteiger partial charge in [-0.15, -0.1) is 17.9 Å². The first-order chi connectivity index (χ1) is 8.41. The number of hydrogen-bond acceptors (Lipinski definition) is 4. The molecule has 0 unspecified atom stereocenters. The molecule has 0 atom stereocenters. The van der Waals surface area contributed by atoms with Crippen molar-refractivity contribution in [3.05, 3.63) is 29.7 Å². The molecule has 5 nitrogen and oxygen atoms in total. The van der Waals surface area contributed by atoms with Gasteiger partial charge in [0.2, 0.25) is 0 Å². The third kappa shape index (κ3) is 3.41. The molecule has 7 heteroatoms. The van der Waals surface area contributed by atoms with Crippen LogP contribution in [-0.4, -0.2) is 36.9 Å². The fraction of sp³-hybridized carbons (Fsp3) is 0.364. The molecule has 100 valence electrons. The van der Waals surface area contributed by atoms with Crippen LogP contribution in [0.5, 0.6) is 0 Å². The van der Waals surface area contributed by atoms with E-state index in [0.717, 1.165) is 11.3 Å². The number of nitrogens with zero attached hydrogens (tertiary/aromatic N) is 1. The number of aliphatic carboxylic acids is 1. The summed E-state index contributed by atoms with van der Waals surface area (Å²) in [6.45, 7) is 5.85. The van der Waals surface area contributed by atoms with Crippen molar-refractivity contribution in [2.45, 2.75) is 17.6 Å². The van der Waals surface area contributed by atoms with E-state index in [-0.39, 0.29) is 17.2 Å². The number of likely N-dealkylation sites (N-methyl/N-ethyl adjacent to an activating group) is 1. The van der Waals surface area contributed by atoms with Crippen LogP contribution in [0, 0.1) is 0 Å². The standard InChI is InChI=1S/C11H15NO4S2/c1-3-7-12(4-2)18(15,16)11-6-5-9(17-11)8-10(13)14/h3,5-6H,1,4,7-8H2,2H3,(H,13,14). The number of carboxylic acid groups (broad SMARTS) is 1. The van der Waals surface area contributed by atoms with Crippen molar-refractivity contribution in [1.82, 2.24) is 4.31 Å². The lowest BCUT2D eigenvalue weighted by atomic mass is 10.3. The Bertz CT molecular complexity index is 533. The van der Waals surface area contributed by atoms with Gasteiger partial charge in [-0.25, -0.2) is 8.42 Å². The Morgan fingerprint density at radius 2 is 2.22 bits per heavy atom.